The van der Waals surface area contributed by atoms with Gasteiger partial charge in [-0.1, -0.05) is 6.08 Å². The molecule has 0 saturated heterocycles. The molecule has 0 unspecified atom stereocenters. The van der Waals surface area contributed by atoms with Gasteiger partial charge < -0.3 is 11.1 Å². The van der Waals surface area contributed by atoms with E-state index in [4.69, 9.17) is 5.73 Å². The fraction of sp³-hybridized carbons (Fsp3) is 0.222. The highest BCUT2D eigenvalue weighted by Gasteiger charge is 1.86. The molecule has 12 heavy (non-hydrogen) atoms. The summed E-state index contributed by atoms with van der Waals surface area (Å²) in [6, 6.07) is 3.73. The number of pyridine rings is 1. The van der Waals surface area contributed by atoms with Crippen LogP contribution < -0.4 is 11.1 Å². The Morgan fingerprint density at radius 1 is 1.58 bits per heavy atom. The fourth-order valence-electron chi connectivity index (χ4n) is 0.813. The molecule has 3 nitrogen and oxygen atoms in total. The Morgan fingerprint density at radius 3 is 3.00 bits per heavy atom. The molecule has 0 saturated carbocycles. The van der Waals surface area contributed by atoms with Crippen LogP contribution in [0, 0.1) is 0 Å². The van der Waals surface area contributed by atoms with Gasteiger partial charge in [-0.3, -0.25) is 4.98 Å². The van der Waals surface area contributed by atoms with Gasteiger partial charge in [-0.2, -0.15) is 0 Å². The molecule has 0 aliphatic carbocycles. The maximum absolute atomic E-state index is 5.48. The average molecular weight is 163 g/mol. The number of nitrogens with one attached hydrogen (secondary N) is 1. The lowest BCUT2D eigenvalue weighted by atomic mass is 10.3. The first kappa shape index (κ1) is 8.74. The highest BCUT2D eigenvalue weighted by atomic mass is 14.8. The van der Waals surface area contributed by atoms with Gasteiger partial charge in [0.1, 0.15) is 0 Å². The van der Waals surface area contributed by atoms with Crippen molar-refractivity contribution in [3.8, 4) is 0 Å². The first-order valence-corrected chi connectivity index (χ1v) is 3.85. The van der Waals surface area contributed by atoms with Crippen molar-refractivity contribution >= 4 is 11.8 Å². The van der Waals surface area contributed by atoms with Gasteiger partial charge in [0.2, 0.25) is 0 Å². The summed E-state index contributed by atoms with van der Waals surface area (Å²) >= 11 is 0. The summed E-state index contributed by atoms with van der Waals surface area (Å²) < 4.78 is 0. The maximum atomic E-state index is 5.48. The number of hydrogen-bond donors (Lipinski definition) is 2. The topological polar surface area (TPSA) is 50.9 Å². The lowest BCUT2D eigenvalue weighted by Crippen LogP contribution is -2.03. The quantitative estimate of drug-likeness (QED) is 0.696. The number of nitrogen functional groups attached to an aromatic ring is 1. The van der Waals surface area contributed by atoms with Crippen LogP contribution in [0.25, 0.3) is 6.08 Å². The minimum atomic E-state index is 0.695. The predicted molar refractivity (Wildman–Crippen MR) is 51.6 cm³/mol. The molecule has 0 spiro atoms. The van der Waals surface area contributed by atoms with Gasteiger partial charge in [0.05, 0.1) is 17.6 Å². The molecule has 0 radical (unpaired) electrons. The van der Waals surface area contributed by atoms with E-state index in [9.17, 15) is 0 Å². The number of aromatic nitrogens is 1. The standard InChI is InChI=1S/C9H13N3/c1-11-6-2-3-9-5-4-8(10)7-12-9/h2-5,7,11H,6,10H2,1H3. The van der Waals surface area contributed by atoms with E-state index in [1.165, 1.54) is 0 Å². The zero-order valence-electron chi connectivity index (χ0n) is 7.12. The van der Waals surface area contributed by atoms with Crippen molar-refractivity contribution < 1.29 is 0 Å². The molecule has 0 aliphatic heterocycles. The van der Waals surface area contributed by atoms with Gasteiger partial charge in [0, 0.05) is 6.54 Å². The smallest absolute Gasteiger partial charge is 0.0628 e. The second-order valence-corrected chi connectivity index (χ2v) is 2.48. The van der Waals surface area contributed by atoms with Gasteiger partial charge >= 0.3 is 0 Å². The van der Waals surface area contributed by atoms with Gasteiger partial charge in [-0.15, -0.1) is 0 Å². The van der Waals surface area contributed by atoms with Crippen molar-refractivity contribution in [2.24, 2.45) is 0 Å². The largest absolute Gasteiger partial charge is 0.397 e. The molecule has 0 aliphatic rings. The highest BCUT2D eigenvalue weighted by Crippen LogP contribution is 2.01. The Morgan fingerprint density at radius 2 is 2.42 bits per heavy atom. The van der Waals surface area contributed by atoms with Crippen LogP contribution in [0.15, 0.2) is 24.4 Å². The van der Waals surface area contributed by atoms with Crippen molar-refractivity contribution in [1.82, 2.24) is 10.3 Å². The molecule has 1 aromatic heterocycles. The third-order valence-corrected chi connectivity index (χ3v) is 1.42. The van der Waals surface area contributed by atoms with E-state index >= 15 is 0 Å². The normalized spacial score (nSPS) is 10.8. The summed E-state index contributed by atoms with van der Waals surface area (Å²) in [6.07, 6.45) is 5.62. The van der Waals surface area contributed by atoms with E-state index in [0.717, 1.165) is 12.2 Å². The molecule has 64 valence electrons. The van der Waals surface area contributed by atoms with Crippen LogP contribution in [-0.2, 0) is 0 Å². The van der Waals surface area contributed by atoms with Crippen LogP contribution in [0.5, 0.6) is 0 Å². The molecule has 0 aromatic carbocycles. The summed E-state index contributed by atoms with van der Waals surface area (Å²) in [7, 11) is 1.90. The van der Waals surface area contributed by atoms with E-state index in [1.807, 2.05) is 31.3 Å². The number of hydrogen-bond acceptors (Lipinski definition) is 3. The van der Waals surface area contributed by atoms with Crippen LogP contribution in [0.2, 0.25) is 0 Å². The molecule has 1 heterocycles. The highest BCUT2D eigenvalue weighted by molar-refractivity contribution is 5.47. The first-order chi connectivity index (χ1) is 5.83. The zero-order valence-corrected chi connectivity index (χ0v) is 7.12. The van der Waals surface area contributed by atoms with Gasteiger partial charge in [-0.05, 0) is 25.3 Å². The van der Waals surface area contributed by atoms with Crippen molar-refractivity contribution in [3.05, 3.63) is 30.1 Å². The molecule has 0 fully saturated rings. The third-order valence-electron chi connectivity index (χ3n) is 1.42. The summed E-state index contributed by atoms with van der Waals surface area (Å²) in [5.74, 6) is 0. The number of nitrogens with two attached hydrogens (primary N) is 1. The minimum Gasteiger partial charge on any atom is -0.397 e. The molecule has 3 N–H and O–H groups in total. The Labute approximate surface area is 72.3 Å². The van der Waals surface area contributed by atoms with E-state index in [0.29, 0.717) is 5.69 Å². The van der Waals surface area contributed by atoms with E-state index < -0.39 is 0 Å². The van der Waals surface area contributed by atoms with E-state index in [1.54, 1.807) is 6.20 Å². The number of nitrogens with zero attached hydrogens (tertiary/aromatic N) is 1. The van der Waals surface area contributed by atoms with Crippen molar-refractivity contribution in [2.45, 2.75) is 0 Å². The molecule has 1 rings (SSSR count). The van der Waals surface area contributed by atoms with Crippen LogP contribution in [0.3, 0.4) is 0 Å². The molecule has 0 amide bonds. The maximum Gasteiger partial charge on any atom is 0.0628 e. The Balaban J connectivity index is 2.58. The molecule has 3 heteroatoms. The second kappa shape index (κ2) is 4.51. The summed E-state index contributed by atoms with van der Waals surface area (Å²) in [5, 5.41) is 3.01. The number of rotatable bonds is 3. The van der Waals surface area contributed by atoms with E-state index in [-0.39, 0.29) is 0 Å². The Hall–Kier alpha value is -1.35. The number of anilines is 1. The first-order valence-electron chi connectivity index (χ1n) is 3.85. The van der Waals surface area contributed by atoms with Crippen LogP contribution in [0.1, 0.15) is 5.69 Å². The fourth-order valence-corrected chi connectivity index (χ4v) is 0.813. The predicted octanol–water partition coefficient (Wildman–Crippen LogP) is 0.896. The summed E-state index contributed by atoms with van der Waals surface area (Å²) in [5.41, 5.74) is 7.11. The van der Waals surface area contributed by atoms with Gasteiger partial charge in [-0.25, -0.2) is 0 Å². The minimum absolute atomic E-state index is 0.695. The summed E-state index contributed by atoms with van der Waals surface area (Å²) in [6.45, 7) is 0.853. The third kappa shape index (κ3) is 2.72. The average Bonchev–Trinajstić information content (AvgIpc) is 2.09. The van der Waals surface area contributed by atoms with Crippen LogP contribution in [0.4, 0.5) is 5.69 Å². The SMILES string of the molecule is CNCC=Cc1ccc(N)cn1. The summed E-state index contributed by atoms with van der Waals surface area (Å²) in [4.78, 5) is 4.11. The monoisotopic (exact) mass is 163 g/mol. The lowest BCUT2D eigenvalue weighted by Gasteiger charge is -1.93. The number of likely N-dealkylation sites (N-methyl/N-ethyl adjacent to an activating group) is 1. The molecular formula is C9H13N3. The molecule has 0 bridgehead atoms. The van der Waals surface area contributed by atoms with Crippen molar-refractivity contribution in [2.75, 3.05) is 19.3 Å². The van der Waals surface area contributed by atoms with Gasteiger partial charge in [0.15, 0.2) is 0 Å². The van der Waals surface area contributed by atoms with Crippen LogP contribution >= 0.6 is 0 Å². The van der Waals surface area contributed by atoms with Crippen LogP contribution in [-0.4, -0.2) is 18.6 Å². The molecule has 1 aromatic rings. The second-order valence-electron chi connectivity index (χ2n) is 2.48. The van der Waals surface area contributed by atoms with Crippen molar-refractivity contribution in [3.63, 3.8) is 0 Å². The Bertz CT molecular complexity index is 251. The zero-order chi connectivity index (χ0) is 8.81. The lowest BCUT2D eigenvalue weighted by molar-refractivity contribution is 0.922. The molecular weight excluding hydrogens is 150 g/mol. The van der Waals surface area contributed by atoms with Crippen molar-refractivity contribution in [1.29, 1.82) is 0 Å². The van der Waals surface area contributed by atoms with Gasteiger partial charge in [0.25, 0.3) is 0 Å². The van der Waals surface area contributed by atoms with E-state index in [2.05, 4.69) is 10.3 Å². The molecule has 0 atom stereocenters. The Kier molecular flexibility index (Phi) is 3.29.